The minimum atomic E-state index is -0.480. The van der Waals surface area contributed by atoms with Gasteiger partial charge in [-0.1, -0.05) is 30.3 Å². The fraction of sp³-hybridized carbons (Fsp3) is 0. The van der Waals surface area contributed by atoms with Crippen LogP contribution in [0.3, 0.4) is 0 Å². The number of pyridine rings is 1. The summed E-state index contributed by atoms with van der Waals surface area (Å²) in [6.07, 6.45) is 2.68. The average Bonchev–Trinajstić information content (AvgIpc) is 2.23. The van der Waals surface area contributed by atoms with Crippen molar-refractivity contribution in [2.24, 2.45) is 0 Å². The summed E-state index contributed by atoms with van der Waals surface area (Å²) >= 11 is 0. The van der Waals surface area contributed by atoms with Crippen LogP contribution < -0.4 is 5.73 Å². The van der Waals surface area contributed by atoms with E-state index in [0.29, 0.717) is 5.56 Å². The third-order valence-electron chi connectivity index (χ3n) is 2.02. The van der Waals surface area contributed by atoms with Crippen LogP contribution in [0.25, 0.3) is 11.1 Å². The zero-order chi connectivity index (χ0) is 9.97. The summed E-state index contributed by atoms with van der Waals surface area (Å²) in [5, 5.41) is 0. The predicted octanol–water partition coefficient (Wildman–Crippen LogP) is 2.47. The molecule has 0 spiro atoms. The van der Waals surface area contributed by atoms with Crippen LogP contribution in [0, 0.1) is 5.82 Å². The van der Waals surface area contributed by atoms with E-state index < -0.39 is 5.82 Å². The van der Waals surface area contributed by atoms with E-state index in [-0.39, 0.29) is 5.69 Å². The number of aromatic nitrogens is 1. The predicted molar refractivity (Wildman–Crippen MR) is 54.0 cm³/mol. The highest BCUT2D eigenvalue weighted by Crippen LogP contribution is 2.25. The normalized spacial score (nSPS) is 10.1. The van der Waals surface area contributed by atoms with E-state index in [4.69, 9.17) is 5.73 Å². The molecule has 1 aromatic carbocycles. The molecule has 0 unspecified atom stereocenters. The van der Waals surface area contributed by atoms with Crippen molar-refractivity contribution in [3.8, 4) is 11.1 Å². The molecule has 0 atom stereocenters. The Kier molecular flexibility index (Phi) is 2.14. The van der Waals surface area contributed by atoms with E-state index in [9.17, 15) is 4.39 Å². The zero-order valence-electron chi connectivity index (χ0n) is 7.44. The Hall–Kier alpha value is -1.90. The molecule has 1 aromatic heterocycles. The molecule has 2 nitrogen and oxygen atoms in total. The first-order valence-corrected chi connectivity index (χ1v) is 4.23. The van der Waals surface area contributed by atoms with Crippen molar-refractivity contribution < 1.29 is 4.39 Å². The lowest BCUT2D eigenvalue weighted by Gasteiger charge is -2.04. The molecule has 2 N–H and O–H groups in total. The smallest absolute Gasteiger partial charge is 0.164 e. The maximum atomic E-state index is 13.1. The Morgan fingerprint density at radius 1 is 1.07 bits per heavy atom. The van der Waals surface area contributed by atoms with Crippen molar-refractivity contribution in [3.05, 3.63) is 48.5 Å². The van der Waals surface area contributed by atoms with Crippen LogP contribution in [0.15, 0.2) is 42.7 Å². The summed E-state index contributed by atoms with van der Waals surface area (Å²) < 4.78 is 13.1. The molecule has 0 aliphatic rings. The van der Waals surface area contributed by atoms with E-state index in [1.165, 1.54) is 0 Å². The van der Waals surface area contributed by atoms with Gasteiger partial charge in [0.2, 0.25) is 0 Å². The zero-order valence-corrected chi connectivity index (χ0v) is 7.44. The highest BCUT2D eigenvalue weighted by molar-refractivity contribution is 5.75. The topological polar surface area (TPSA) is 38.9 Å². The summed E-state index contributed by atoms with van der Waals surface area (Å²) in [4.78, 5) is 3.77. The molecular formula is C11H9FN2. The number of benzene rings is 1. The van der Waals surface area contributed by atoms with Crippen LogP contribution >= 0.6 is 0 Å². The summed E-state index contributed by atoms with van der Waals surface area (Å²) in [6, 6.07) is 9.38. The van der Waals surface area contributed by atoms with E-state index in [0.717, 1.165) is 11.8 Å². The second kappa shape index (κ2) is 3.46. The Bertz CT molecular complexity index is 440. The average molecular weight is 188 g/mol. The molecule has 0 saturated heterocycles. The number of anilines is 1. The number of hydrogen-bond acceptors (Lipinski definition) is 2. The quantitative estimate of drug-likeness (QED) is 0.746. The summed E-state index contributed by atoms with van der Waals surface area (Å²) in [7, 11) is 0. The first kappa shape index (κ1) is 8.69. The van der Waals surface area contributed by atoms with Crippen molar-refractivity contribution >= 4 is 5.69 Å². The maximum absolute atomic E-state index is 13.1. The van der Waals surface area contributed by atoms with Gasteiger partial charge in [-0.2, -0.15) is 0 Å². The Morgan fingerprint density at radius 2 is 1.79 bits per heavy atom. The van der Waals surface area contributed by atoms with Crippen LogP contribution in [-0.2, 0) is 0 Å². The molecule has 0 fully saturated rings. The van der Waals surface area contributed by atoms with Crippen molar-refractivity contribution in [3.63, 3.8) is 0 Å². The first-order valence-electron chi connectivity index (χ1n) is 4.23. The van der Waals surface area contributed by atoms with E-state index in [1.54, 1.807) is 6.20 Å². The van der Waals surface area contributed by atoms with Crippen molar-refractivity contribution in [1.29, 1.82) is 0 Å². The number of nitrogen functional groups attached to an aromatic ring is 1. The van der Waals surface area contributed by atoms with E-state index in [2.05, 4.69) is 4.98 Å². The van der Waals surface area contributed by atoms with Gasteiger partial charge in [-0.05, 0) is 5.56 Å². The van der Waals surface area contributed by atoms with Gasteiger partial charge in [-0.3, -0.25) is 4.98 Å². The number of hydrogen-bond donors (Lipinski definition) is 1. The van der Waals surface area contributed by atoms with Crippen molar-refractivity contribution in [1.82, 2.24) is 4.98 Å². The molecule has 0 aliphatic heterocycles. The van der Waals surface area contributed by atoms with Gasteiger partial charge in [0.25, 0.3) is 0 Å². The molecule has 1 heterocycles. The SMILES string of the molecule is Nc1c(F)cncc1-c1ccccc1. The lowest BCUT2D eigenvalue weighted by atomic mass is 10.1. The van der Waals surface area contributed by atoms with Gasteiger partial charge in [0.1, 0.15) is 0 Å². The van der Waals surface area contributed by atoms with Crippen LogP contribution in [0.5, 0.6) is 0 Å². The molecule has 14 heavy (non-hydrogen) atoms. The molecule has 0 bridgehead atoms. The number of nitrogens with two attached hydrogens (primary N) is 1. The monoisotopic (exact) mass is 188 g/mol. The Morgan fingerprint density at radius 3 is 2.50 bits per heavy atom. The van der Waals surface area contributed by atoms with Crippen LogP contribution in [0.4, 0.5) is 10.1 Å². The summed E-state index contributed by atoms with van der Waals surface area (Å²) in [5.41, 5.74) is 7.25. The minimum Gasteiger partial charge on any atom is -0.396 e. The van der Waals surface area contributed by atoms with Gasteiger partial charge in [0.05, 0.1) is 11.9 Å². The van der Waals surface area contributed by atoms with E-state index >= 15 is 0 Å². The fourth-order valence-electron chi connectivity index (χ4n) is 1.29. The van der Waals surface area contributed by atoms with Crippen LogP contribution in [-0.4, -0.2) is 4.98 Å². The third-order valence-corrected chi connectivity index (χ3v) is 2.02. The van der Waals surface area contributed by atoms with Crippen molar-refractivity contribution in [2.75, 3.05) is 5.73 Å². The van der Waals surface area contributed by atoms with Gasteiger partial charge >= 0.3 is 0 Å². The molecule has 3 heteroatoms. The van der Waals surface area contributed by atoms with Gasteiger partial charge in [0.15, 0.2) is 5.82 Å². The largest absolute Gasteiger partial charge is 0.396 e. The molecule has 2 rings (SSSR count). The Labute approximate surface area is 81.2 Å². The summed E-state index contributed by atoms with van der Waals surface area (Å²) in [5.74, 6) is -0.480. The van der Waals surface area contributed by atoms with Gasteiger partial charge in [0, 0.05) is 11.8 Å². The molecule has 70 valence electrons. The number of rotatable bonds is 1. The molecule has 0 radical (unpaired) electrons. The van der Waals surface area contributed by atoms with Crippen molar-refractivity contribution in [2.45, 2.75) is 0 Å². The van der Waals surface area contributed by atoms with Gasteiger partial charge < -0.3 is 5.73 Å². The Balaban J connectivity index is 2.58. The standard InChI is InChI=1S/C11H9FN2/c12-10-7-14-6-9(11(10)13)8-4-2-1-3-5-8/h1-7H,(H2,13,14). The maximum Gasteiger partial charge on any atom is 0.164 e. The first-order chi connectivity index (χ1) is 6.79. The second-order valence-corrected chi connectivity index (χ2v) is 2.95. The number of halogens is 1. The molecule has 0 saturated carbocycles. The van der Waals surface area contributed by atoms with Gasteiger partial charge in [-0.25, -0.2) is 4.39 Å². The number of nitrogens with zero attached hydrogens (tertiary/aromatic N) is 1. The molecule has 0 aliphatic carbocycles. The second-order valence-electron chi connectivity index (χ2n) is 2.95. The highest BCUT2D eigenvalue weighted by Gasteiger charge is 2.06. The molecular weight excluding hydrogens is 179 g/mol. The lowest BCUT2D eigenvalue weighted by Crippen LogP contribution is -1.95. The third kappa shape index (κ3) is 1.44. The van der Waals surface area contributed by atoms with Crippen LogP contribution in [0.2, 0.25) is 0 Å². The minimum absolute atomic E-state index is 0.145. The van der Waals surface area contributed by atoms with Gasteiger partial charge in [-0.15, -0.1) is 0 Å². The van der Waals surface area contributed by atoms with E-state index in [1.807, 2.05) is 30.3 Å². The molecule has 2 aromatic rings. The highest BCUT2D eigenvalue weighted by atomic mass is 19.1. The summed E-state index contributed by atoms with van der Waals surface area (Å²) in [6.45, 7) is 0. The molecule has 0 amide bonds. The fourth-order valence-corrected chi connectivity index (χ4v) is 1.29. The van der Waals surface area contributed by atoms with Crippen LogP contribution in [0.1, 0.15) is 0 Å². The lowest BCUT2D eigenvalue weighted by molar-refractivity contribution is 0.627.